The molecule has 0 aliphatic rings. The molecule has 0 aliphatic heterocycles. The maximum atomic E-state index is 13.5. The van der Waals surface area contributed by atoms with Crippen LogP contribution < -0.4 is 5.73 Å². The molecule has 0 radical (unpaired) electrons. The minimum Gasteiger partial charge on any atom is -0.440 e. The predicted molar refractivity (Wildman–Crippen MR) is 65.3 cm³/mol. The van der Waals surface area contributed by atoms with Crippen LogP contribution in [-0.4, -0.2) is 10.7 Å². The van der Waals surface area contributed by atoms with Gasteiger partial charge < -0.3 is 10.2 Å². The summed E-state index contributed by atoms with van der Waals surface area (Å²) in [5.74, 6) is -0.646. The Labute approximate surface area is 107 Å². The second-order valence-electron chi connectivity index (χ2n) is 3.84. The normalized spacial score (nSPS) is 12.7. The monoisotopic (exact) mass is 270 g/mol. The van der Waals surface area contributed by atoms with Gasteiger partial charge in [-0.1, -0.05) is 11.8 Å². The number of halogens is 2. The summed E-state index contributed by atoms with van der Waals surface area (Å²) in [6.45, 7) is 1.81. The van der Waals surface area contributed by atoms with Gasteiger partial charge in [0.2, 0.25) is 0 Å². The summed E-state index contributed by atoms with van der Waals surface area (Å²) >= 11 is 1.27. The van der Waals surface area contributed by atoms with E-state index in [-0.39, 0.29) is 5.56 Å². The summed E-state index contributed by atoms with van der Waals surface area (Å²) in [5, 5.41) is 0.472. The van der Waals surface area contributed by atoms with E-state index in [0.717, 1.165) is 23.9 Å². The smallest absolute Gasteiger partial charge is 0.255 e. The fraction of sp³-hybridized carbons (Fsp3) is 0.250. The fourth-order valence-electron chi connectivity index (χ4n) is 1.45. The van der Waals surface area contributed by atoms with Crippen molar-refractivity contribution in [2.75, 3.05) is 5.75 Å². The Hall–Kier alpha value is -1.40. The van der Waals surface area contributed by atoms with Crippen molar-refractivity contribution in [1.82, 2.24) is 4.98 Å². The molecule has 0 spiro atoms. The quantitative estimate of drug-likeness (QED) is 0.867. The van der Waals surface area contributed by atoms with Crippen LogP contribution >= 0.6 is 11.8 Å². The van der Waals surface area contributed by atoms with Crippen molar-refractivity contribution in [2.24, 2.45) is 5.73 Å². The van der Waals surface area contributed by atoms with Gasteiger partial charge >= 0.3 is 0 Å². The molecule has 1 aromatic carbocycles. The molecular weight excluding hydrogens is 258 g/mol. The Balaban J connectivity index is 2.03. The molecule has 0 amide bonds. The number of oxazole rings is 1. The van der Waals surface area contributed by atoms with Crippen LogP contribution in [0.2, 0.25) is 0 Å². The van der Waals surface area contributed by atoms with Crippen molar-refractivity contribution >= 4 is 11.8 Å². The lowest BCUT2D eigenvalue weighted by Gasteiger charge is -2.11. The van der Waals surface area contributed by atoms with Crippen molar-refractivity contribution in [3.8, 4) is 0 Å². The topological polar surface area (TPSA) is 52.0 Å². The molecule has 2 N–H and O–H groups in total. The second kappa shape index (κ2) is 5.49. The van der Waals surface area contributed by atoms with Crippen LogP contribution in [0.1, 0.15) is 17.3 Å². The van der Waals surface area contributed by atoms with Crippen molar-refractivity contribution in [1.29, 1.82) is 0 Å². The molecule has 0 fully saturated rings. The van der Waals surface area contributed by atoms with Gasteiger partial charge in [-0.25, -0.2) is 13.8 Å². The molecule has 0 aliphatic carbocycles. The Morgan fingerprint density at radius 2 is 2.22 bits per heavy atom. The Morgan fingerprint density at radius 1 is 1.44 bits per heavy atom. The molecule has 6 heteroatoms. The third-order valence-corrected chi connectivity index (χ3v) is 3.30. The Morgan fingerprint density at radius 3 is 2.89 bits per heavy atom. The number of thioether (sulfide) groups is 1. The van der Waals surface area contributed by atoms with Gasteiger partial charge in [-0.15, -0.1) is 0 Å². The van der Waals surface area contributed by atoms with Crippen LogP contribution in [0.5, 0.6) is 0 Å². The van der Waals surface area contributed by atoms with Crippen LogP contribution in [0.3, 0.4) is 0 Å². The average Bonchev–Trinajstić information content (AvgIpc) is 2.75. The van der Waals surface area contributed by atoms with E-state index in [9.17, 15) is 8.78 Å². The van der Waals surface area contributed by atoms with E-state index in [1.807, 2.05) is 0 Å². The highest BCUT2D eigenvalue weighted by molar-refractivity contribution is 7.99. The number of nitrogens with two attached hydrogens (primary N) is 1. The van der Waals surface area contributed by atoms with Crippen LogP contribution in [-0.2, 0) is 0 Å². The lowest BCUT2D eigenvalue weighted by atomic mass is 10.1. The standard InChI is InChI=1S/C12H12F2N2OS/c1-7-5-17-12(16-7)18-6-11(15)9-4-8(13)2-3-10(9)14/h2-5,11H,6,15H2,1H3. The SMILES string of the molecule is Cc1coc(SCC(N)c2cc(F)ccc2F)n1. The molecule has 2 rings (SSSR count). The largest absolute Gasteiger partial charge is 0.440 e. The van der Waals surface area contributed by atoms with Crippen molar-refractivity contribution < 1.29 is 13.2 Å². The maximum Gasteiger partial charge on any atom is 0.255 e. The van der Waals surface area contributed by atoms with Crippen LogP contribution in [0.15, 0.2) is 34.1 Å². The summed E-state index contributed by atoms with van der Waals surface area (Å²) in [6, 6.07) is 2.64. The number of benzene rings is 1. The highest BCUT2D eigenvalue weighted by Crippen LogP contribution is 2.24. The van der Waals surface area contributed by atoms with Crippen LogP contribution in [0.4, 0.5) is 8.78 Å². The van der Waals surface area contributed by atoms with Gasteiger partial charge in [0, 0.05) is 17.4 Å². The molecule has 0 saturated heterocycles. The average molecular weight is 270 g/mol. The number of aromatic nitrogens is 1. The zero-order chi connectivity index (χ0) is 13.1. The predicted octanol–water partition coefficient (Wildman–Crippen LogP) is 3.05. The number of aryl methyl sites for hydroxylation is 1. The van der Waals surface area contributed by atoms with Crippen LogP contribution in [0.25, 0.3) is 0 Å². The Bertz CT molecular complexity index is 545. The van der Waals surface area contributed by atoms with E-state index < -0.39 is 17.7 Å². The zero-order valence-electron chi connectivity index (χ0n) is 9.69. The molecule has 3 nitrogen and oxygen atoms in total. The van der Waals surface area contributed by atoms with Gasteiger partial charge in [-0.3, -0.25) is 0 Å². The van der Waals surface area contributed by atoms with Crippen molar-refractivity contribution in [2.45, 2.75) is 18.2 Å². The number of nitrogens with zero attached hydrogens (tertiary/aromatic N) is 1. The zero-order valence-corrected chi connectivity index (χ0v) is 10.5. The number of hydrogen-bond donors (Lipinski definition) is 1. The van der Waals surface area contributed by atoms with Gasteiger partial charge in [0.05, 0.1) is 5.69 Å². The second-order valence-corrected chi connectivity index (χ2v) is 4.81. The molecule has 0 saturated carbocycles. The van der Waals surface area contributed by atoms with E-state index in [4.69, 9.17) is 10.2 Å². The molecule has 1 unspecified atom stereocenters. The Kier molecular flexibility index (Phi) is 3.98. The molecule has 96 valence electrons. The van der Waals surface area contributed by atoms with Gasteiger partial charge in [-0.2, -0.15) is 0 Å². The molecule has 1 atom stereocenters. The van der Waals surface area contributed by atoms with Crippen molar-refractivity contribution in [3.05, 3.63) is 47.4 Å². The van der Waals surface area contributed by atoms with Gasteiger partial charge in [0.1, 0.15) is 17.9 Å². The van der Waals surface area contributed by atoms with Gasteiger partial charge in [0.25, 0.3) is 5.22 Å². The first kappa shape index (κ1) is 13.0. The molecule has 18 heavy (non-hydrogen) atoms. The maximum absolute atomic E-state index is 13.5. The summed E-state index contributed by atoms with van der Waals surface area (Å²) in [7, 11) is 0. The van der Waals surface area contributed by atoms with Gasteiger partial charge in [-0.05, 0) is 25.1 Å². The lowest BCUT2D eigenvalue weighted by Crippen LogP contribution is -2.15. The summed E-state index contributed by atoms with van der Waals surface area (Å²) in [5.41, 5.74) is 6.75. The number of rotatable bonds is 4. The third kappa shape index (κ3) is 3.08. The van der Waals surface area contributed by atoms with Gasteiger partial charge in [0.15, 0.2) is 0 Å². The third-order valence-electron chi connectivity index (χ3n) is 2.34. The minimum absolute atomic E-state index is 0.158. The minimum atomic E-state index is -0.613. The summed E-state index contributed by atoms with van der Waals surface area (Å²) in [6.07, 6.45) is 1.52. The first-order chi connectivity index (χ1) is 8.56. The molecule has 1 heterocycles. The van der Waals surface area contributed by atoms with E-state index in [0.29, 0.717) is 11.0 Å². The van der Waals surface area contributed by atoms with E-state index in [2.05, 4.69) is 4.98 Å². The molecule has 1 aromatic heterocycles. The molecule has 0 bridgehead atoms. The molecule has 2 aromatic rings. The van der Waals surface area contributed by atoms with E-state index >= 15 is 0 Å². The number of hydrogen-bond acceptors (Lipinski definition) is 4. The highest BCUT2D eigenvalue weighted by Gasteiger charge is 2.14. The van der Waals surface area contributed by atoms with E-state index in [1.54, 1.807) is 6.92 Å². The highest BCUT2D eigenvalue weighted by atomic mass is 32.2. The van der Waals surface area contributed by atoms with Crippen molar-refractivity contribution in [3.63, 3.8) is 0 Å². The first-order valence-corrected chi connectivity index (χ1v) is 6.30. The first-order valence-electron chi connectivity index (χ1n) is 5.31. The lowest BCUT2D eigenvalue weighted by molar-refractivity contribution is 0.453. The summed E-state index contributed by atoms with van der Waals surface area (Å²) < 4.78 is 31.6. The van der Waals surface area contributed by atoms with E-state index in [1.165, 1.54) is 18.0 Å². The summed E-state index contributed by atoms with van der Waals surface area (Å²) in [4.78, 5) is 4.09. The fourth-order valence-corrected chi connectivity index (χ4v) is 2.27. The van der Waals surface area contributed by atoms with Crippen LogP contribution in [0, 0.1) is 18.6 Å². The molecular formula is C12H12F2N2OS.